The summed E-state index contributed by atoms with van der Waals surface area (Å²) in [5, 5.41) is 0. The fraction of sp³-hybridized carbons (Fsp3) is 0.333. The Labute approximate surface area is 113 Å². The summed E-state index contributed by atoms with van der Waals surface area (Å²) in [6.07, 6.45) is -0.238. The molecule has 1 aromatic rings. The molecular formula is C12H13IO4. The Balaban J connectivity index is 2.35. The van der Waals surface area contributed by atoms with Crippen LogP contribution in [0.1, 0.15) is 13.3 Å². The highest BCUT2D eigenvalue weighted by Gasteiger charge is 2.10. The van der Waals surface area contributed by atoms with Gasteiger partial charge in [0.1, 0.15) is 18.8 Å². The van der Waals surface area contributed by atoms with Gasteiger partial charge in [-0.05, 0) is 47.7 Å². The van der Waals surface area contributed by atoms with Crippen LogP contribution in [0, 0.1) is 3.57 Å². The van der Waals surface area contributed by atoms with Crippen LogP contribution < -0.4 is 4.74 Å². The van der Waals surface area contributed by atoms with Crippen molar-refractivity contribution in [3.05, 3.63) is 27.8 Å². The Kier molecular flexibility index (Phi) is 5.96. The molecule has 0 radical (unpaired) electrons. The van der Waals surface area contributed by atoms with Crippen LogP contribution in [0.25, 0.3) is 0 Å². The Hall–Kier alpha value is -1.11. The molecule has 92 valence electrons. The first kappa shape index (κ1) is 14.0. The minimum atomic E-state index is -0.510. The minimum Gasteiger partial charge on any atom is -0.486 e. The van der Waals surface area contributed by atoms with Crippen molar-refractivity contribution in [3.8, 4) is 5.75 Å². The van der Waals surface area contributed by atoms with Gasteiger partial charge in [-0.15, -0.1) is 0 Å². The maximum absolute atomic E-state index is 11.4. The van der Waals surface area contributed by atoms with Crippen LogP contribution >= 0.6 is 22.6 Å². The zero-order valence-corrected chi connectivity index (χ0v) is 11.6. The first-order valence-electron chi connectivity index (χ1n) is 5.17. The molecule has 0 N–H and O–H groups in total. The molecule has 0 bridgehead atoms. The molecule has 1 rings (SSSR count). The third kappa shape index (κ3) is 5.67. The van der Waals surface area contributed by atoms with Gasteiger partial charge < -0.3 is 9.47 Å². The molecule has 0 heterocycles. The van der Waals surface area contributed by atoms with Crippen molar-refractivity contribution in [1.82, 2.24) is 0 Å². The summed E-state index contributed by atoms with van der Waals surface area (Å²) >= 11 is 2.15. The van der Waals surface area contributed by atoms with Crippen LogP contribution in [0.3, 0.4) is 0 Å². The van der Waals surface area contributed by atoms with E-state index in [4.69, 9.17) is 4.74 Å². The highest BCUT2D eigenvalue weighted by atomic mass is 127. The molecule has 0 aliphatic carbocycles. The predicted molar refractivity (Wildman–Crippen MR) is 70.9 cm³/mol. The summed E-state index contributed by atoms with van der Waals surface area (Å²) in [6, 6.07) is 7.35. The van der Waals surface area contributed by atoms with E-state index in [2.05, 4.69) is 27.3 Å². The number of esters is 1. The SMILES string of the molecule is CCOC(=O)CC(=O)COc1cccc(I)c1. The lowest BCUT2D eigenvalue weighted by atomic mass is 10.3. The Morgan fingerprint density at radius 2 is 2.12 bits per heavy atom. The number of ether oxygens (including phenoxy) is 2. The molecule has 0 unspecified atom stereocenters. The van der Waals surface area contributed by atoms with Crippen molar-refractivity contribution < 1.29 is 19.1 Å². The van der Waals surface area contributed by atoms with E-state index in [0.717, 1.165) is 3.57 Å². The molecule has 0 saturated carbocycles. The fourth-order valence-corrected chi connectivity index (χ4v) is 1.66. The zero-order valence-electron chi connectivity index (χ0n) is 9.44. The molecule has 0 amide bonds. The minimum absolute atomic E-state index is 0.112. The maximum atomic E-state index is 11.4. The number of ketones is 1. The largest absolute Gasteiger partial charge is 0.486 e. The molecule has 0 aliphatic rings. The van der Waals surface area contributed by atoms with Crippen LogP contribution in [-0.2, 0) is 14.3 Å². The van der Waals surface area contributed by atoms with Gasteiger partial charge in [-0.25, -0.2) is 0 Å². The van der Waals surface area contributed by atoms with Gasteiger partial charge in [0.25, 0.3) is 0 Å². The van der Waals surface area contributed by atoms with Gasteiger partial charge in [0.05, 0.1) is 6.61 Å². The lowest BCUT2D eigenvalue weighted by Crippen LogP contribution is -2.17. The van der Waals surface area contributed by atoms with E-state index in [1.54, 1.807) is 13.0 Å². The average Bonchev–Trinajstić information content (AvgIpc) is 2.27. The van der Waals surface area contributed by atoms with Gasteiger partial charge in [0, 0.05) is 3.57 Å². The summed E-state index contributed by atoms with van der Waals surface area (Å²) < 4.78 is 11.0. The number of halogens is 1. The number of hydrogen-bond donors (Lipinski definition) is 0. The molecule has 17 heavy (non-hydrogen) atoms. The molecule has 0 aliphatic heterocycles. The van der Waals surface area contributed by atoms with E-state index in [0.29, 0.717) is 5.75 Å². The molecule has 1 aromatic carbocycles. The number of carbonyl (C=O) groups excluding carboxylic acids is 2. The van der Waals surface area contributed by atoms with E-state index < -0.39 is 5.97 Å². The highest BCUT2D eigenvalue weighted by molar-refractivity contribution is 14.1. The predicted octanol–water partition coefficient (Wildman–Crippen LogP) is 2.19. The third-order valence-corrected chi connectivity index (χ3v) is 2.51. The lowest BCUT2D eigenvalue weighted by molar-refractivity contribution is -0.145. The van der Waals surface area contributed by atoms with Crippen molar-refractivity contribution in [3.63, 3.8) is 0 Å². The fourth-order valence-electron chi connectivity index (χ4n) is 1.14. The first-order valence-corrected chi connectivity index (χ1v) is 6.25. The number of rotatable bonds is 6. The van der Waals surface area contributed by atoms with Gasteiger partial charge in [-0.2, -0.15) is 0 Å². The van der Waals surface area contributed by atoms with E-state index in [-0.39, 0.29) is 25.4 Å². The van der Waals surface area contributed by atoms with Crippen LogP contribution in [0.4, 0.5) is 0 Å². The van der Waals surface area contributed by atoms with E-state index in [1.807, 2.05) is 18.2 Å². The number of hydrogen-bond acceptors (Lipinski definition) is 4. The number of benzene rings is 1. The number of carbonyl (C=O) groups is 2. The van der Waals surface area contributed by atoms with E-state index in [9.17, 15) is 9.59 Å². The molecule has 0 fully saturated rings. The first-order chi connectivity index (χ1) is 8.11. The topological polar surface area (TPSA) is 52.6 Å². The monoisotopic (exact) mass is 348 g/mol. The second kappa shape index (κ2) is 7.26. The summed E-state index contributed by atoms with van der Waals surface area (Å²) in [5.74, 6) is -0.180. The van der Waals surface area contributed by atoms with E-state index >= 15 is 0 Å². The van der Waals surface area contributed by atoms with Crippen LogP contribution in [-0.4, -0.2) is 25.0 Å². The Bertz CT molecular complexity index is 403. The number of Topliss-reactive ketones (excluding diaryl/α,β-unsaturated/α-hetero) is 1. The zero-order chi connectivity index (χ0) is 12.7. The van der Waals surface area contributed by atoms with Gasteiger partial charge in [-0.3, -0.25) is 9.59 Å². The highest BCUT2D eigenvalue weighted by Crippen LogP contribution is 2.14. The normalized spacial score (nSPS) is 9.76. The standard InChI is InChI=1S/C12H13IO4/c1-2-16-12(15)7-10(14)8-17-11-5-3-4-9(13)6-11/h3-6H,2,7-8H2,1H3. The smallest absolute Gasteiger partial charge is 0.313 e. The van der Waals surface area contributed by atoms with Crippen molar-refractivity contribution in [2.75, 3.05) is 13.2 Å². The summed E-state index contributed by atoms with van der Waals surface area (Å²) in [7, 11) is 0. The molecular weight excluding hydrogens is 335 g/mol. The van der Waals surface area contributed by atoms with Crippen molar-refractivity contribution in [1.29, 1.82) is 0 Å². The average molecular weight is 348 g/mol. The van der Waals surface area contributed by atoms with E-state index in [1.165, 1.54) is 0 Å². The van der Waals surface area contributed by atoms with Gasteiger partial charge in [0.15, 0.2) is 5.78 Å². The quantitative estimate of drug-likeness (QED) is 0.449. The second-order valence-corrected chi connectivity index (χ2v) is 4.51. The van der Waals surface area contributed by atoms with Gasteiger partial charge in [0.2, 0.25) is 0 Å². The molecule has 4 nitrogen and oxygen atoms in total. The third-order valence-electron chi connectivity index (χ3n) is 1.84. The summed E-state index contributed by atoms with van der Waals surface area (Å²) in [6.45, 7) is 1.87. The van der Waals surface area contributed by atoms with Crippen LogP contribution in [0.5, 0.6) is 5.75 Å². The second-order valence-electron chi connectivity index (χ2n) is 3.27. The van der Waals surface area contributed by atoms with Crippen LogP contribution in [0.15, 0.2) is 24.3 Å². The van der Waals surface area contributed by atoms with Gasteiger partial charge >= 0.3 is 5.97 Å². The lowest BCUT2D eigenvalue weighted by Gasteiger charge is -2.05. The van der Waals surface area contributed by atoms with Crippen molar-refractivity contribution in [2.24, 2.45) is 0 Å². The maximum Gasteiger partial charge on any atom is 0.313 e. The van der Waals surface area contributed by atoms with Crippen molar-refractivity contribution in [2.45, 2.75) is 13.3 Å². The van der Waals surface area contributed by atoms with Crippen molar-refractivity contribution >= 4 is 34.3 Å². The molecule has 5 heteroatoms. The molecule has 0 spiro atoms. The Morgan fingerprint density at radius 1 is 1.35 bits per heavy atom. The van der Waals surface area contributed by atoms with Gasteiger partial charge in [-0.1, -0.05) is 6.07 Å². The molecule has 0 saturated heterocycles. The summed E-state index contributed by atoms with van der Waals surface area (Å²) in [4.78, 5) is 22.4. The van der Waals surface area contributed by atoms with Crippen LogP contribution in [0.2, 0.25) is 0 Å². The molecule has 0 atom stereocenters. The molecule has 0 aromatic heterocycles. The Morgan fingerprint density at radius 3 is 2.76 bits per heavy atom. The summed E-state index contributed by atoms with van der Waals surface area (Å²) in [5.41, 5.74) is 0.